The van der Waals surface area contributed by atoms with Crippen molar-refractivity contribution in [2.45, 2.75) is 40.7 Å². The normalized spacial score (nSPS) is 14.6. The highest BCUT2D eigenvalue weighted by Crippen LogP contribution is 2.31. The van der Waals surface area contributed by atoms with Crippen molar-refractivity contribution in [1.29, 1.82) is 0 Å². The van der Waals surface area contributed by atoms with Crippen LogP contribution in [-0.2, 0) is 16.1 Å². The van der Waals surface area contributed by atoms with Crippen molar-refractivity contribution in [3.8, 4) is 5.75 Å². The van der Waals surface area contributed by atoms with Gasteiger partial charge < -0.3 is 20.5 Å². The van der Waals surface area contributed by atoms with E-state index in [2.05, 4.69) is 27.2 Å². The summed E-state index contributed by atoms with van der Waals surface area (Å²) >= 11 is 1.22. The van der Waals surface area contributed by atoms with E-state index >= 15 is 0 Å². The number of amidine groups is 2. The van der Waals surface area contributed by atoms with Gasteiger partial charge in [0, 0.05) is 23.4 Å². The number of benzene rings is 3. The third-order valence-electron chi connectivity index (χ3n) is 6.38. The highest BCUT2D eigenvalue weighted by Gasteiger charge is 2.32. The molecule has 4 rings (SSSR count). The van der Waals surface area contributed by atoms with E-state index in [4.69, 9.17) is 15.2 Å². The van der Waals surface area contributed by atoms with Crippen LogP contribution in [0, 0.1) is 13.8 Å². The molecule has 43 heavy (non-hydrogen) atoms. The summed E-state index contributed by atoms with van der Waals surface area (Å²) in [4.78, 5) is 40.1. The number of ether oxygens (including phenoxy) is 2. The number of anilines is 2. The molecule has 0 radical (unpaired) electrons. The van der Waals surface area contributed by atoms with Gasteiger partial charge >= 0.3 is 6.03 Å². The lowest BCUT2D eigenvalue weighted by atomic mass is 10.1. The zero-order valence-electron chi connectivity index (χ0n) is 24.8. The Morgan fingerprint density at radius 2 is 1.88 bits per heavy atom. The highest BCUT2D eigenvalue weighted by atomic mass is 32.2. The third-order valence-corrected chi connectivity index (χ3v) is 7.31. The van der Waals surface area contributed by atoms with Gasteiger partial charge in [0.15, 0.2) is 5.17 Å². The first-order valence-corrected chi connectivity index (χ1v) is 15.0. The molecule has 1 saturated heterocycles. The number of hydrogen-bond acceptors (Lipinski definition) is 6. The zero-order chi connectivity index (χ0) is 30.8. The maximum absolute atomic E-state index is 12.9. The van der Waals surface area contributed by atoms with Crippen molar-refractivity contribution in [2.75, 3.05) is 29.2 Å². The second-order valence-electron chi connectivity index (χ2n) is 9.74. The minimum atomic E-state index is -0.586. The number of carbonyl (C=O) groups is 2. The summed E-state index contributed by atoms with van der Waals surface area (Å²) < 4.78 is 11.2. The molecule has 0 aromatic heterocycles. The van der Waals surface area contributed by atoms with Crippen LogP contribution in [0.4, 0.5) is 21.9 Å². The Bertz CT molecular complexity index is 1550. The molecule has 0 bridgehead atoms. The van der Waals surface area contributed by atoms with Crippen LogP contribution in [0.1, 0.15) is 42.5 Å². The van der Waals surface area contributed by atoms with E-state index in [1.54, 1.807) is 12.1 Å². The van der Waals surface area contributed by atoms with E-state index in [0.717, 1.165) is 34.5 Å². The Balaban J connectivity index is 1.44. The molecule has 0 saturated carbocycles. The molecule has 3 aromatic carbocycles. The van der Waals surface area contributed by atoms with Gasteiger partial charge in [-0.05, 0) is 86.8 Å². The van der Waals surface area contributed by atoms with Gasteiger partial charge in [-0.1, -0.05) is 30.8 Å². The van der Waals surface area contributed by atoms with Crippen LogP contribution >= 0.6 is 11.8 Å². The molecule has 3 amide bonds. The van der Waals surface area contributed by atoms with Crippen molar-refractivity contribution < 1.29 is 19.1 Å². The predicted molar refractivity (Wildman–Crippen MR) is 175 cm³/mol. The molecular weight excluding hydrogens is 564 g/mol. The molecule has 0 unspecified atom stereocenters. The largest absolute Gasteiger partial charge is 0.494 e. The molecular formula is C32H36N6O4S. The topological polar surface area (TPSA) is 131 Å². The second-order valence-corrected chi connectivity index (χ2v) is 10.7. The van der Waals surface area contributed by atoms with E-state index in [0.29, 0.717) is 41.9 Å². The van der Waals surface area contributed by atoms with Gasteiger partial charge in [0.1, 0.15) is 17.9 Å². The van der Waals surface area contributed by atoms with E-state index < -0.39 is 6.03 Å². The van der Waals surface area contributed by atoms with E-state index in [-0.39, 0.29) is 17.5 Å². The smallest absolute Gasteiger partial charge is 0.347 e. The van der Waals surface area contributed by atoms with Crippen LogP contribution in [0.5, 0.6) is 5.75 Å². The molecule has 0 aliphatic carbocycles. The number of rotatable bonds is 11. The Labute approximate surface area is 256 Å². The molecule has 1 fully saturated rings. The minimum absolute atomic E-state index is 0.142. The SMILES string of the molecule is CCCOc1ccc(N=CN=C(N)c2ccc(NC(=O)/N=C3\SCC(=O)N3c3cc(C)ccc3COCC)c(C)c2)cc1. The molecule has 11 heteroatoms. The standard InChI is InChI=1S/C32H36N6O4S/c1-5-15-42-26-12-10-25(11-13-26)34-20-35-30(33)23-9-14-27(22(4)17-23)36-31(40)37-32-38(29(39)19-43-32)28-16-21(3)7-8-24(28)18-41-6-2/h7-14,16-17,20H,5-6,15,18-19H2,1-4H3,(H,36,40)(H2,33,34,35)/b37-32-. The summed E-state index contributed by atoms with van der Waals surface area (Å²) in [5.41, 5.74) is 11.4. The zero-order valence-corrected chi connectivity index (χ0v) is 25.6. The lowest BCUT2D eigenvalue weighted by Gasteiger charge is -2.20. The number of nitrogens with zero attached hydrogens (tertiary/aromatic N) is 4. The summed E-state index contributed by atoms with van der Waals surface area (Å²) in [5, 5.41) is 3.13. The quantitative estimate of drug-likeness (QED) is 0.194. The number of amides is 3. The van der Waals surface area contributed by atoms with Gasteiger partial charge in [-0.25, -0.2) is 14.8 Å². The Hall–Kier alpha value is -4.48. The number of aliphatic imine (C=N–C) groups is 3. The maximum atomic E-state index is 12.9. The second kappa shape index (κ2) is 15.1. The van der Waals surface area contributed by atoms with Crippen LogP contribution in [0.25, 0.3) is 0 Å². The Kier molecular flexibility index (Phi) is 11.1. The van der Waals surface area contributed by atoms with E-state index in [1.165, 1.54) is 23.0 Å². The fourth-order valence-electron chi connectivity index (χ4n) is 4.17. The van der Waals surface area contributed by atoms with Crippen LogP contribution < -0.4 is 20.7 Å². The lowest BCUT2D eigenvalue weighted by Crippen LogP contribution is -2.31. The van der Waals surface area contributed by atoms with Crippen molar-refractivity contribution in [3.05, 3.63) is 82.9 Å². The molecule has 1 aliphatic heterocycles. The summed E-state index contributed by atoms with van der Waals surface area (Å²) in [5.74, 6) is 1.13. The number of nitrogens with one attached hydrogen (secondary N) is 1. The molecule has 3 aromatic rings. The fourth-order valence-corrected chi connectivity index (χ4v) is 5.03. The van der Waals surface area contributed by atoms with Crippen LogP contribution in [0.15, 0.2) is 75.6 Å². The monoisotopic (exact) mass is 600 g/mol. The fraction of sp³-hybridized carbons (Fsp3) is 0.281. The van der Waals surface area contributed by atoms with Gasteiger partial charge in [-0.3, -0.25) is 9.69 Å². The lowest BCUT2D eigenvalue weighted by molar-refractivity contribution is -0.115. The van der Waals surface area contributed by atoms with Crippen molar-refractivity contribution in [1.82, 2.24) is 0 Å². The van der Waals surface area contributed by atoms with Crippen LogP contribution in [0.2, 0.25) is 0 Å². The summed E-state index contributed by atoms with van der Waals surface area (Å²) in [6.45, 7) is 9.34. The number of hydrogen-bond donors (Lipinski definition) is 2. The number of aryl methyl sites for hydroxylation is 2. The minimum Gasteiger partial charge on any atom is -0.494 e. The Morgan fingerprint density at radius 3 is 2.60 bits per heavy atom. The number of thioether (sulfide) groups is 1. The molecule has 1 heterocycles. The molecule has 0 spiro atoms. The number of carbonyl (C=O) groups excluding carboxylic acids is 2. The van der Waals surface area contributed by atoms with Crippen molar-refractivity contribution in [3.63, 3.8) is 0 Å². The summed E-state index contributed by atoms with van der Waals surface area (Å²) in [7, 11) is 0. The molecule has 1 aliphatic rings. The first-order valence-electron chi connectivity index (χ1n) is 14.0. The van der Waals surface area contributed by atoms with Crippen LogP contribution in [0.3, 0.4) is 0 Å². The van der Waals surface area contributed by atoms with Gasteiger partial charge in [0.05, 0.1) is 30.3 Å². The molecule has 0 atom stereocenters. The Morgan fingerprint density at radius 1 is 1.09 bits per heavy atom. The molecule has 3 N–H and O–H groups in total. The van der Waals surface area contributed by atoms with Gasteiger partial charge in [-0.15, -0.1) is 0 Å². The average molecular weight is 601 g/mol. The third kappa shape index (κ3) is 8.52. The molecule has 224 valence electrons. The predicted octanol–water partition coefficient (Wildman–Crippen LogP) is 6.36. The van der Waals surface area contributed by atoms with Gasteiger partial charge in [0.2, 0.25) is 5.91 Å². The first kappa shape index (κ1) is 31.5. The average Bonchev–Trinajstić information content (AvgIpc) is 3.35. The van der Waals surface area contributed by atoms with E-state index in [1.807, 2.05) is 69.3 Å². The highest BCUT2D eigenvalue weighted by molar-refractivity contribution is 8.15. The number of nitrogens with two attached hydrogens (primary N) is 1. The summed E-state index contributed by atoms with van der Waals surface area (Å²) in [6, 6.07) is 18.0. The van der Waals surface area contributed by atoms with Crippen LogP contribution in [-0.4, -0.2) is 48.2 Å². The van der Waals surface area contributed by atoms with Gasteiger partial charge in [0.25, 0.3) is 0 Å². The van der Waals surface area contributed by atoms with Gasteiger partial charge in [-0.2, -0.15) is 4.99 Å². The van der Waals surface area contributed by atoms with Crippen molar-refractivity contribution >= 4 is 58.1 Å². The van der Waals surface area contributed by atoms with E-state index in [9.17, 15) is 9.59 Å². The van der Waals surface area contributed by atoms with Crippen molar-refractivity contribution in [2.24, 2.45) is 20.7 Å². The molecule has 10 nitrogen and oxygen atoms in total. The first-order chi connectivity index (χ1) is 20.8. The number of urea groups is 1. The maximum Gasteiger partial charge on any atom is 0.347 e. The summed E-state index contributed by atoms with van der Waals surface area (Å²) in [6.07, 6.45) is 2.35.